The Morgan fingerprint density at radius 2 is 1.60 bits per heavy atom. The molecule has 2 N–H and O–H groups in total. The van der Waals surface area contributed by atoms with Crippen LogP contribution in [0.5, 0.6) is 23.0 Å². The lowest BCUT2D eigenvalue weighted by Crippen LogP contribution is -2.25. The van der Waals surface area contributed by atoms with Crippen LogP contribution in [-0.4, -0.2) is 32.5 Å². The average molecular weight is 345 g/mol. The van der Waals surface area contributed by atoms with Crippen molar-refractivity contribution in [2.45, 2.75) is 13.0 Å². The molecular formula is C18H19NO6. The van der Waals surface area contributed by atoms with Gasteiger partial charge in [-0.25, -0.2) is 4.79 Å². The van der Waals surface area contributed by atoms with Crippen LogP contribution in [0, 0.1) is 6.92 Å². The first kappa shape index (κ1) is 16.8. The number of anilines is 1. The van der Waals surface area contributed by atoms with Gasteiger partial charge in [-0.1, -0.05) is 0 Å². The van der Waals surface area contributed by atoms with Gasteiger partial charge in [0.15, 0.2) is 17.6 Å². The van der Waals surface area contributed by atoms with Gasteiger partial charge in [0.25, 0.3) is 0 Å². The van der Waals surface area contributed by atoms with Crippen LogP contribution in [0.25, 0.3) is 0 Å². The number of nitrogens with one attached hydrogen (secondary N) is 1. The second-order valence-electron chi connectivity index (χ2n) is 5.57. The molecule has 1 unspecified atom stereocenters. The molecule has 1 aliphatic heterocycles. The van der Waals surface area contributed by atoms with Crippen molar-refractivity contribution < 1.29 is 28.8 Å². The van der Waals surface area contributed by atoms with Gasteiger partial charge in [-0.3, -0.25) is 5.32 Å². The van der Waals surface area contributed by atoms with Crippen LogP contribution in [0.2, 0.25) is 0 Å². The maximum absolute atomic E-state index is 11.9. The topological polar surface area (TPSA) is 86.3 Å². The van der Waals surface area contributed by atoms with E-state index in [-0.39, 0.29) is 11.5 Å². The summed E-state index contributed by atoms with van der Waals surface area (Å²) in [6.45, 7) is 1.88. The lowest BCUT2D eigenvalue weighted by molar-refractivity contribution is 0.126. The van der Waals surface area contributed by atoms with Gasteiger partial charge in [0.05, 0.1) is 27.0 Å². The zero-order valence-electron chi connectivity index (χ0n) is 14.4. The summed E-state index contributed by atoms with van der Waals surface area (Å²) in [5, 5.41) is 12.5. The van der Waals surface area contributed by atoms with Gasteiger partial charge >= 0.3 is 6.09 Å². The summed E-state index contributed by atoms with van der Waals surface area (Å²) in [7, 11) is 4.58. The van der Waals surface area contributed by atoms with Crippen LogP contribution in [0.15, 0.2) is 24.3 Å². The molecule has 0 radical (unpaired) electrons. The van der Waals surface area contributed by atoms with Gasteiger partial charge in [-0.15, -0.1) is 0 Å². The summed E-state index contributed by atoms with van der Waals surface area (Å²) in [4.78, 5) is 11.9. The Morgan fingerprint density at radius 1 is 1.00 bits per heavy atom. The number of carbonyl (C=O) groups excluding carboxylic acids is 1. The number of amides is 1. The predicted molar refractivity (Wildman–Crippen MR) is 90.9 cm³/mol. The molecule has 132 valence electrons. The lowest BCUT2D eigenvalue weighted by atomic mass is 9.96. The average Bonchev–Trinajstić information content (AvgIpc) is 2.60. The zero-order chi connectivity index (χ0) is 18.1. The predicted octanol–water partition coefficient (Wildman–Crippen LogP) is 3.38. The van der Waals surface area contributed by atoms with Gasteiger partial charge in [0.1, 0.15) is 11.5 Å². The smallest absolute Gasteiger partial charge is 0.412 e. The normalized spacial score (nSPS) is 15.7. The molecule has 1 aliphatic rings. The van der Waals surface area contributed by atoms with Crippen LogP contribution >= 0.6 is 0 Å². The molecule has 3 rings (SSSR count). The minimum atomic E-state index is -0.693. The molecule has 25 heavy (non-hydrogen) atoms. The van der Waals surface area contributed by atoms with Crippen molar-refractivity contribution in [3.8, 4) is 23.0 Å². The summed E-state index contributed by atoms with van der Waals surface area (Å²) in [6.07, 6.45) is -1.30. The number of carbonyl (C=O) groups is 1. The fraction of sp³-hybridized carbons (Fsp3) is 0.278. The molecule has 1 atom stereocenters. The molecule has 2 aromatic rings. The van der Waals surface area contributed by atoms with E-state index < -0.39 is 12.2 Å². The molecule has 7 nitrogen and oxygen atoms in total. The third kappa shape index (κ3) is 2.88. The summed E-state index contributed by atoms with van der Waals surface area (Å²) in [5.74, 6) is 1.46. The number of benzene rings is 2. The maximum Gasteiger partial charge on any atom is 0.412 e. The third-order valence-corrected chi connectivity index (χ3v) is 4.17. The molecule has 1 heterocycles. The number of rotatable bonds is 4. The Balaban J connectivity index is 2.17. The van der Waals surface area contributed by atoms with Crippen molar-refractivity contribution in [2.24, 2.45) is 0 Å². The van der Waals surface area contributed by atoms with E-state index >= 15 is 0 Å². The van der Waals surface area contributed by atoms with Crippen molar-refractivity contribution in [3.63, 3.8) is 0 Å². The summed E-state index contributed by atoms with van der Waals surface area (Å²) >= 11 is 0. The molecule has 2 aromatic carbocycles. The Hall–Kier alpha value is -3.09. The van der Waals surface area contributed by atoms with Crippen LogP contribution in [0.1, 0.15) is 22.8 Å². The van der Waals surface area contributed by atoms with Crippen LogP contribution in [0.3, 0.4) is 0 Å². The largest absolute Gasteiger partial charge is 0.504 e. The molecule has 0 spiro atoms. The van der Waals surface area contributed by atoms with E-state index in [0.717, 1.165) is 5.56 Å². The van der Waals surface area contributed by atoms with Crippen molar-refractivity contribution in [1.29, 1.82) is 0 Å². The summed E-state index contributed by atoms with van der Waals surface area (Å²) < 4.78 is 21.4. The van der Waals surface area contributed by atoms with Gasteiger partial charge in [0.2, 0.25) is 0 Å². The summed E-state index contributed by atoms with van der Waals surface area (Å²) in [6, 6.07) is 6.66. The number of cyclic esters (lactones) is 1. The summed E-state index contributed by atoms with van der Waals surface area (Å²) in [5.41, 5.74) is 2.64. The number of phenols is 1. The first-order chi connectivity index (χ1) is 12.0. The Labute approximate surface area is 145 Å². The van der Waals surface area contributed by atoms with Crippen LogP contribution < -0.4 is 19.5 Å². The Bertz CT molecular complexity index is 808. The van der Waals surface area contributed by atoms with Gasteiger partial charge in [-0.05, 0) is 25.1 Å². The third-order valence-electron chi connectivity index (χ3n) is 4.17. The van der Waals surface area contributed by atoms with E-state index in [1.54, 1.807) is 32.4 Å². The molecule has 0 fully saturated rings. The number of methoxy groups -OCH3 is 3. The highest BCUT2D eigenvalue weighted by Crippen LogP contribution is 2.43. The molecular weight excluding hydrogens is 326 g/mol. The Morgan fingerprint density at radius 3 is 2.16 bits per heavy atom. The number of hydrogen-bond acceptors (Lipinski definition) is 6. The highest BCUT2D eigenvalue weighted by atomic mass is 16.6. The highest BCUT2D eigenvalue weighted by molar-refractivity contribution is 5.89. The standard InChI is InChI=1S/C18H19NO6/c1-9-14(22-2)5-10(6-15(9)23-3)17-11-7-16(24-4)13(20)8-12(11)19-18(21)25-17/h5-8,17,20H,1-4H3,(H,19,21). The zero-order valence-corrected chi connectivity index (χ0v) is 14.4. The first-order valence-electron chi connectivity index (χ1n) is 7.59. The molecule has 0 saturated carbocycles. The van der Waals surface area contributed by atoms with Crippen molar-refractivity contribution in [2.75, 3.05) is 26.6 Å². The van der Waals surface area contributed by atoms with E-state index in [1.807, 2.05) is 6.92 Å². The number of hydrogen-bond donors (Lipinski definition) is 2. The molecule has 7 heteroatoms. The number of aromatic hydroxyl groups is 1. The van der Waals surface area contributed by atoms with Crippen molar-refractivity contribution in [3.05, 3.63) is 41.0 Å². The van der Waals surface area contributed by atoms with Crippen LogP contribution in [0.4, 0.5) is 10.5 Å². The van der Waals surface area contributed by atoms with Crippen molar-refractivity contribution in [1.82, 2.24) is 0 Å². The first-order valence-corrected chi connectivity index (χ1v) is 7.59. The number of ether oxygens (including phenoxy) is 4. The quantitative estimate of drug-likeness (QED) is 0.883. The molecule has 0 bridgehead atoms. The Kier molecular flexibility index (Phi) is 4.31. The minimum absolute atomic E-state index is 0.0683. The second kappa shape index (κ2) is 6.43. The maximum atomic E-state index is 11.9. The molecule has 0 saturated heterocycles. The second-order valence-corrected chi connectivity index (χ2v) is 5.57. The van der Waals surface area contributed by atoms with E-state index in [2.05, 4.69) is 5.32 Å². The number of phenolic OH excluding ortho intramolecular Hbond substituents is 1. The number of fused-ring (bicyclic) bond motifs is 1. The molecule has 0 aromatic heterocycles. The van der Waals surface area contributed by atoms with E-state index in [0.29, 0.717) is 28.3 Å². The van der Waals surface area contributed by atoms with Crippen molar-refractivity contribution >= 4 is 11.8 Å². The van der Waals surface area contributed by atoms with Crippen LogP contribution in [-0.2, 0) is 4.74 Å². The fourth-order valence-electron chi connectivity index (χ4n) is 2.89. The molecule has 1 amide bonds. The minimum Gasteiger partial charge on any atom is -0.504 e. The van der Waals surface area contributed by atoms with E-state index in [9.17, 15) is 9.90 Å². The fourth-order valence-corrected chi connectivity index (χ4v) is 2.89. The van der Waals surface area contributed by atoms with E-state index in [4.69, 9.17) is 18.9 Å². The highest BCUT2D eigenvalue weighted by Gasteiger charge is 2.30. The van der Waals surface area contributed by atoms with Gasteiger partial charge in [0, 0.05) is 22.8 Å². The lowest BCUT2D eigenvalue weighted by Gasteiger charge is -2.28. The van der Waals surface area contributed by atoms with E-state index in [1.165, 1.54) is 13.2 Å². The van der Waals surface area contributed by atoms with Gasteiger partial charge in [-0.2, -0.15) is 0 Å². The SMILES string of the molecule is COc1cc2c(cc1O)NC(=O)OC2c1cc(OC)c(C)c(OC)c1. The monoisotopic (exact) mass is 345 g/mol. The van der Waals surface area contributed by atoms with Gasteiger partial charge < -0.3 is 24.1 Å². The molecule has 0 aliphatic carbocycles.